The van der Waals surface area contributed by atoms with Gasteiger partial charge in [-0.15, -0.1) is 0 Å². The Balaban J connectivity index is 2.20. The number of esters is 1. The lowest BCUT2D eigenvalue weighted by Crippen LogP contribution is -2.14. The zero-order valence-electron chi connectivity index (χ0n) is 14.8. The van der Waals surface area contributed by atoms with E-state index in [1.807, 2.05) is 13.8 Å². The number of allylic oxidation sites excluding steroid dienone is 1. The van der Waals surface area contributed by atoms with Crippen LogP contribution < -0.4 is 0 Å². The zero-order chi connectivity index (χ0) is 18.9. The van der Waals surface area contributed by atoms with Crippen LogP contribution in [0.3, 0.4) is 0 Å². The normalized spacial score (nSPS) is 21.0. The third-order valence-corrected chi connectivity index (χ3v) is 5.35. The maximum Gasteiger partial charge on any atom is 0.310 e. The maximum absolute atomic E-state index is 14.0. The summed E-state index contributed by atoms with van der Waals surface area (Å²) in [6, 6.07) is 0.899. The summed E-state index contributed by atoms with van der Waals surface area (Å²) >= 11 is 11.4. The third-order valence-electron chi connectivity index (χ3n) is 5.09. The molecule has 0 bridgehead atoms. The average molecular weight is 391 g/mol. The van der Waals surface area contributed by atoms with Crippen molar-refractivity contribution >= 4 is 29.2 Å². The topological polar surface area (TPSA) is 26.3 Å². The van der Waals surface area contributed by atoms with Crippen molar-refractivity contribution in [2.45, 2.75) is 47.1 Å². The number of benzene rings is 1. The van der Waals surface area contributed by atoms with Crippen molar-refractivity contribution < 1.29 is 18.3 Å². The second kappa shape index (κ2) is 7.63. The lowest BCUT2D eigenvalue weighted by atomic mass is 9.97. The lowest BCUT2D eigenvalue weighted by molar-refractivity contribution is -0.147. The van der Waals surface area contributed by atoms with E-state index in [1.54, 1.807) is 19.9 Å². The fourth-order valence-electron chi connectivity index (χ4n) is 3.50. The number of hydrogen-bond donors (Lipinski definition) is 0. The van der Waals surface area contributed by atoms with E-state index < -0.39 is 17.6 Å². The van der Waals surface area contributed by atoms with Crippen LogP contribution in [0.25, 0.3) is 0 Å². The van der Waals surface area contributed by atoms with Crippen molar-refractivity contribution in [2.24, 2.45) is 17.3 Å². The van der Waals surface area contributed by atoms with Gasteiger partial charge in [0, 0.05) is 11.6 Å². The Bertz CT molecular complexity index is 682. The Kier molecular flexibility index (Phi) is 6.16. The number of carbonyl (C=O) groups excluding carboxylic acids is 1. The molecule has 0 radical (unpaired) electrons. The summed E-state index contributed by atoms with van der Waals surface area (Å²) < 4.78 is 33.6. The van der Waals surface area contributed by atoms with Crippen LogP contribution in [0.1, 0.15) is 44.4 Å². The molecule has 0 amide bonds. The molecule has 0 unspecified atom stereocenters. The molecule has 0 aliphatic heterocycles. The minimum atomic E-state index is -0.607. The Morgan fingerprint density at radius 2 is 1.68 bits per heavy atom. The van der Waals surface area contributed by atoms with E-state index in [1.165, 1.54) is 0 Å². The van der Waals surface area contributed by atoms with Gasteiger partial charge in [0.25, 0.3) is 0 Å². The predicted octanol–water partition coefficient (Wildman–Crippen LogP) is 5.72. The standard InChI is InChI=1S/C19H22Cl2F2O2/c1-5-10-12(11(6-2)15(23)8-14(10)22)9-25-18(24)17-13(7-16(20)21)19(17,3)4/h7-8,13,17H,5-6,9H2,1-4H3/t13-,17+/m1/s1. The zero-order valence-corrected chi connectivity index (χ0v) is 16.3. The smallest absolute Gasteiger partial charge is 0.310 e. The lowest BCUT2D eigenvalue weighted by Gasteiger charge is -2.15. The highest BCUT2D eigenvalue weighted by Gasteiger charge is 2.61. The van der Waals surface area contributed by atoms with Gasteiger partial charge in [-0.05, 0) is 41.4 Å². The first kappa shape index (κ1) is 20.2. The molecule has 138 valence electrons. The molecule has 1 saturated carbocycles. The van der Waals surface area contributed by atoms with Crippen LogP contribution in [0.2, 0.25) is 0 Å². The summed E-state index contributed by atoms with van der Waals surface area (Å²) in [6.07, 6.45) is 2.42. The van der Waals surface area contributed by atoms with Gasteiger partial charge in [0.05, 0.1) is 5.92 Å². The molecule has 25 heavy (non-hydrogen) atoms. The molecule has 1 fully saturated rings. The van der Waals surface area contributed by atoms with E-state index in [2.05, 4.69) is 0 Å². The number of hydrogen-bond acceptors (Lipinski definition) is 2. The van der Waals surface area contributed by atoms with Crippen molar-refractivity contribution in [3.63, 3.8) is 0 Å². The molecule has 2 atom stereocenters. The van der Waals surface area contributed by atoms with Crippen molar-refractivity contribution in [3.8, 4) is 0 Å². The molecule has 0 N–H and O–H groups in total. The van der Waals surface area contributed by atoms with Crippen LogP contribution in [-0.4, -0.2) is 5.97 Å². The SMILES string of the molecule is CCc1c(F)cc(F)c(CC)c1COC(=O)[C@@H]1[C@@H](C=C(Cl)Cl)C1(C)C. The van der Waals surface area contributed by atoms with E-state index in [4.69, 9.17) is 27.9 Å². The highest BCUT2D eigenvalue weighted by Crippen LogP contribution is 2.60. The number of ether oxygens (including phenoxy) is 1. The van der Waals surface area contributed by atoms with Crippen LogP contribution in [0.15, 0.2) is 16.6 Å². The molecular formula is C19H22Cl2F2O2. The van der Waals surface area contributed by atoms with Gasteiger partial charge in [-0.1, -0.05) is 50.9 Å². The second-order valence-corrected chi connectivity index (χ2v) is 7.88. The Hall–Kier alpha value is -1.13. The van der Waals surface area contributed by atoms with Crippen LogP contribution in [0, 0.1) is 28.9 Å². The Labute approximate surface area is 157 Å². The molecule has 0 spiro atoms. The predicted molar refractivity (Wildman–Crippen MR) is 95.5 cm³/mol. The van der Waals surface area contributed by atoms with E-state index in [9.17, 15) is 13.6 Å². The number of carbonyl (C=O) groups is 1. The number of rotatable bonds is 6. The van der Waals surface area contributed by atoms with Gasteiger partial charge in [-0.2, -0.15) is 0 Å². The monoisotopic (exact) mass is 390 g/mol. The highest BCUT2D eigenvalue weighted by atomic mass is 35.5. The fourth-order valence-corrected chi connectivity index (χ4v) is 3.77. The van der Waals surface area contributed by atoms with Crippen molar-refractivity contribution in [3.05, 3.63) is 45.0 Å². The van der Waals surface area contributed by atoms with Crippen LogP contribution in [-0.2, 0) is 29.0 Å². The van der Waals surface area contributed by atoms with Crippen LogP contribution in [0.5, 0.6) is 0 Å². The van der Waals surface area contributed by atoms with Crippen molar-refractivity contribution in [2.75, 3.05) is 0 Å². The first-order valence-electron chi connectivity index (χ1n) is 8.33. The van der Waals surface area contributed by atoms with E-state index in [-0.39, 0.29) is 28.3 Å². The summed E-state index contributed by atoms with van der Waals surface area (Å²) in [5.74, 6) is -2.09. The molecule has 0 saturated heterocycles. The average Bonchev–Trinajstić information content (AvgIpc) is 3.04. The second-order valence-electron chi connectivity index (χ2n) is 6.87. The van der Waals surface area contributed by atoms with Crippen LogP contribution in [0.4, 0.5) is 8.78 Å². The van der Waals surface area contributed by atoms with Crippen molar-refractivity contribution in [1.29, 1.82) is 0 Å². The fraction of sp³-hybridized carbons (Fsp3) is 0.526. The highest BCUT2D eigenvalue weighted by molar-refractivity contribution is 6.55. The van der Waals surface area contributed by atoms with Crippen LogP contribution >= 0.6 is 23.2 Å². The minimum Gasteiger partial charge on any atom is -0.461 e. The van der Waals surface area contributed by atoms with Gasteiger partial charge in [0.15, 0.2) is 0 Å². The largest absolute Gasteiger partial charge is 0.461 e. The molecule has 1 aromatic rings. The Morgan fingerprint density at radius 1 is 1.16 bits per heavy atom. The van der Waals surface area contributed by atoms with E-state index >= 15 is 0 Å². The molecule has 0 heterocycles. The first-order valence-corrected chi connectivity index (χ1v) is 9.08. The molecule has 2 nitrogen and oxygen atoms in total. The van der Waals surface area contributed by atoms with Gasteiger partial charge < -0.3 is 4.74 Å². The van der Waals surface area contributed by atoms with E-state index in [0.717, 1.165) is 6.07 Å². The summed E-state index contributed by atoms with van der Waals surface area (Å²) in [5, 5.41) is 0. The molecule has 1 aliphatic rings. The summed E-state index contributed by atoms with van der Waals surface area (Å²) in [5.41, 5.74) is 0.903. The van der Waals surface area contributed by atoms with Gasteiger partial charge in [0.1, 0.15) is 22.7 Å². The Morgan fingerprint density at radius 3 is 2.12 bits per heavy atom. The minimum absolute atomic E-state index is 0.106. The first-order chi connectivity index (χ1) is 11.6. The number of halogens is 4. The van der Waals surface area contributed by atoms with Gasteiger partial charge in [-0.25, -0.2) is 8.78 Å². The van der Waals surface area contributed by atoms with E-state index in [0.29, 0.717) is 29.5 Å². The van der Waals surface area contributed by atoms with Crippen molar-refractivity contribution in [1.82, 2.24) is 0 Å². The summed E-state index contributed by atoms with van der Waals surface area (Å²) in [4.78, 5) is 12.4. The molecule has 1 aromatic carbocycles. The molecule has 2 rings (SSSR count). The summed E-state index contributed by atoms with van der Waals surface area (Å²) in [7, 11) is 0. The molecule has 6 heteroatoms. The molecular weight excluding hydrogens is 369 g/mol. The van der Waals surface area contributed by atoms with Gasteiger partial charge in [0.2, 0.25) is 0 Å². The molecule has 0 aromatic heterocycles. The quantitative estimate of drug-likeness (QED) is 0.580. The van der Waals surface area contributed by atoms with Gasteiger partial charge in [-0.3, -0.25) is 4.79 Å². The third kappa shape index (κ3) is 4.01. The summed E-state index contributed by atoms with van der Waals surface area (Å²) in [6.45, 7) is 7.28. The van der Waals surface area contributed by atoms with Gasteiger partial charge >= 0.3 is 5.97 Å². The molecule has 1 aliphatic carbocycles. The maximum atomic E-state index is 14.0.